The van der Waals surface area contributed by atoms with E-state index in [-0.39, 0.29) is 0 Å². The minimum absolute atomic E-state index is 0.447. The molecule has 0 aromatic carbocycles. The van der Waals surface area contributed by atoms with E-state index >= 15 is 0 Å². The first kappa shape index (κ1) is 8.82. The van der Waals surface area contributed by atoms with E-state index in [1.54, 1.807) is 0 Å². The average Bonchev–Trinajstić information content (AvgIpc) is 2.76. The molecular weight excluding hydrogens is 160 g/mol. The number of rotatable bonds is 3. The second-order valence-corrected chi connectivity index (χ2v) is 4.29. The molecule has 2 nitrogen and oxygen atoms in total. The van der Waals surface area contributed by atoms with Crippen LogP contribution < -0.4 is 5.73 Å². The number of hydrogen-bond acceptors (Lipinski definition) is 1. The lowest BCUT2D eigenvalue weighted by Gasteiger charge is -2.15. The van der Waals surface area contributed by atoms with Gasteiger partial charge < -0.3 is 10.7 Å². The predicted octanol–water partition coefficient (Wildman–Crippen LogP) is 2.01. The Balaban J connectivity index is 2.34. The Hall–Kier alpha value is -0.760. The Kier molecular flexibility index (Phi) is 1.95. The van der Waals surface area contributed by atoms with Crippen LogP contribution in [-0.4, -0.2) is 11.5 Å². The fraction of sp³-hybridized carbons (Fsp3) is 0.636. The molecule has 1 aromatic rings. The predicted molar refractivity (Wildman–Crippen MR) is 54.9 cm³/mol. The summed E-state index contributed by atoms with van der Waals surface area (Å²) in [5, 5.41) is 0. The van der Waals surface area contributed by atoms with Gasteiger partial charge in [-0.3, -0.25) is 0 Å². The van der Waals surface area contributed by atoms with Gasteiger partial charge >= 0.3 is 0 Å². The quantitative estimate of drug-likeness (QED) is 0.730. The number of aryl methyl sites for hydroxylation is 2. The molecule has 72 valence electrons. The van der Waals surface area contributed by atoms with Gasteiger partial charge in [-0.05, 0) is 56.2 Å². The number of aromatic nitrogens is 1. The van der Waals surface area contributed by atoms with Gasteiger partial charge in [0.25, 0.3) is 0 Å². The molecule has 13 heavy (non-hydrogen) atoms. The fourth-order valence-corrected chi connectivity index (χ4v) is 2.52. The topological polar surface area (TPSA) is 41.8 Å². The third-order valence-electron chi connectivity index (χ3n) is 3.28. The van der Waals surface area contributed by atoms with Crippen molar-refractivity contribution in [3.63, 3.8) is 0 Å². The molecular formula is C11H18N2. The molecule has 0 bridgehead atoms. The molecule has 1 saturated carbocycles. The third-order valence-corrected chi connectivity index (χ3v) is 3.28. The smallest absolute Gasteiger partial charge is 0.0156 e. The summed E-state index contributed by atoms with van der Waals surface area (Å²) in [5.41, 5.74) is 10.4. The van der Waals surface area contributed by atoms with Crippen LogP contribution in [0.4, 0.5) is 0 Å². The summed E-state index contributed by atoms with van der Waals surface area (Å²) >= 11 is 0. The van der Waals surface area contributed by atoms with Crippen LogP contribution in [0.2, 0.25) is 0 Å². The lowest BCUT2D eigenvalue weighted by molar-refractivity contribution is 0.623. The fourth-order valence-electron chi connectivity index (χ4n) is 2.52. The first-order valence-electron chi connectivity index (χ1n) is 5.05. The maximum Gasteiger partial charge on any atom is 0.0156 e. The van der Waals surface area contributed by atoms with Crippen LogP contribution in [0.15, 0.2) is 6.20 Å². The summed E-state index contributed by atoms with van der Waals surface area (Å²) in [6.45, 7) is 5.17. The second-order valence-electron chi connectivity index (χ2n) is 4.29. The molecule has 0 aliphatic heterocycles. The summed E-state index contributed by atoms with van der Waals surface area (Å²) in [4.78, 5) is 3.30. The van der Waals surface area contributed by atoms with Crippen molar-refractivity contribution in [3.05, 3.63) is 23.0 Å². The second kappa shape index (κ2) is 2.88. The zero-order chi connectivity index (χ0) is 9.47. The third kappa shape index (κ3) is 1.29. The highest BCUT2D eigenvalue weighted by Crippen LogP contribution is 2.52. The maximum atomic E-state index is 5.65. The number of H-pyrrole nitrogens is 1. The molecule has 2 heteroatoms. The molecule has 1 aliphatic carbocycles. The monoisotopic (exact) mass is 178 g/mol. The van der Waals surface area contributed by atoms with Gasteiger partial charge in [0.1, 0.15) is 0 Å². The van der Waals surface area contributed by atoms with E-state index < -0.39 is 0 Å². The number of hydrogen-bond donors (Lipinski definition) is 2. The molecule has 3 N–H and O–H groups in total. The van der Waals surface area contributed by atoms with Gasteiger partial charge in [-0.25, -0.2) is 0 Å². The molecule has 2 rings (SSSR count). The van der Waals surface area contributed by atoms with E-state index in [9.17, 15) is 0 Å². The van der Waals surface area contributed by atoms with E-state index in [2.05, 4.69) is 25.0 Å². The first-order valence-corrected chi connectivity index (χ1v) is 5.05. The average molecular weight is 178 g/mol. The zero-order valence-corrected chi connectivity index (χ0v) is 8.48. The van der Waals surface area contributed by atoms with Crippen molar-refractivity contribution >= 4 is 0 Å². The molecule has 0 spiro atoms. The number of aromatic amines is 1. The lowest BCUT2D eigenvalue weighted by atomic mass is 9.90. The molecule has 0 amide bonds. The Bertz CT molecular complexity index is 288. The Morgan fingerprint density at radius 1 is 1.46 bits per heavy atom. The van der Waals surface area contributed by atoms with E-state index in [4.69, 9.17) is 5.73 Å². The van der Waals surface area contributed by atoms with Gasteiger partial charge in [-0.1, -0.05) is 0 Å². The van der Waals surface area contributed by atoms with Crippen molar-refractivity contribution in [2.75, 3.05) is 6.54 Å². The van der Waals surface area contributed by atoms with Gasteiger partial charge in [-0.15, -0.1) is 0 Å². The minimum atomic E-state index is 0.447. The van der Waals surface area contributed by atoms with E-state index in [1.165, 1.54) is 29.7 Å². The zero-order valence-electron chi connectivity index (χ0n) is 8.48. The van der Waals surface area contributed by atoms with E-state index in [0.29, 0.717) is 5.41 Å². The molecule has 0 unspecified atom stereocenters. The van der Waals surface area contributed by atoms with Crippen molar-refractivity contribution in [1.82, 2.24) is 4.98 Å². The van der Waals surface area contributed by atoms with Crippen molar-refractivity contribution in [1.29, 1.82) is 0 Å². The van der Waals surface area contributed by atoms with Gasteiger partial charge in [-0.2, -0.15) is 0 Å². The van der Waals surface area contributed by atoms with E-state index in [0.717, 1.165) is 13.0 Å². The van der Waals surface area contributed by atoms with Crippen molar-refractivity contribution in [2.45, 2.75) is 38.5 Å². The summed E-state index contributed by atoms with van der Waals surface area (Å²) in [5.74, 6) is 0. The SMILES string of the molecule is Cc1c[nH]c(C)c1C1(CCN)CC1. The Morgan fingerprint density at radius 3 is 2.54 bits per heavy atom. The highest BCUT2D eigenvalue weighted by atomic mass is 14.7. The molecule has 1 aromatic heterocycles. The molecule has 1 heterocycles. The summed E-state index contributed by atoms with van der Waals surface area (Å²) in [6.07, 6.45) is 5.90. The largest absolute Gasteiger partial charge is 0.365 e. The first-order chi connectivity index (χ1) is 6.19. The van der Waals surface area contributed by atoms with Crippen LogP contribution >= 0.6 is 0 Å². The molecule has 0 atom stereocenters. The van der Waals surface area contributed by atoms with E-state index in [1.807, 2.05) is 0 Å². The minimum Gasteiger partial charge on any atom is -0.365 e. The van der Waals surface area contributed by atoms with Crippen LogP contribution in [0.3, 0.4) is 0 Å². The Morgan fingerprint density at radius 2 is 2.15 bits per heavy atom. The molecule has 1 aliphatic rings. The standard InChI is InChI=1S/C11H18N2/c1-8-7-13-9(2)10(8)11(3-4-11)5-6-12/h7,13H,3-6,12H2,1-2H3. The van der Waals surface area contributed by atoms with Crippen LogP contribution in [0.25, 0.3) is 0 Å². The summed E-state index contributed by atoms with van der Waals surface area (Å²) in [6, 6.07) is 0. The van der Waals surface area contributed by atoms with Crippen molar-refractivity contribution in [3.8, 4) is 0 Å². The van der Waals surface area contributed by atoms with Crippen LogP contribution in [0, 0.1) is 13.8 Å². The Labute approximate surface area is 79.5 Å². The van der Waals surface area contributed by atoms with Gasteiger partial charge in [0.2, 0.25) is 0 Å². The highest BCUT2D eigenvalue weighted by molar-refractivity contribution is 5.40. The molecule has 0 radical (unpaired) electrons. The van der Waals surface area contributed by atoms with Gasteiger partial charge in [0.15, 0.2) is 0 Å². The maximum absolute atomic E-state index is 5.65. The van der Waals surface area contributed by atoms with Crippen LogP contribution in [0.1, 0.15) is 36.1 Å². The van der Waals surface area contributed by atoms with Crippen LogP contribution in [-0.2, 0) is 5.41 Å². The molecule has 0 saturated heterocycles. The lowest BCUT2D eigenvalue weighted by Crippen LogP contribution is -2.14. The van der Waals surface area contributed by atoms with Crippen LogP contribution in [0.5, 0.6) is 0 Å². The highest BCUT2D eigenvalue weighted by Gasteiger charge is 2.45. The van der Waals surface area contributed by atoms with Crippen molar-refractivity contribution < 1.29 is 0 Å². The van der Waals surface area contributed by atoms with Gasteiger partial charge in [0, 0.05) is 11.9 Å². The molecule has 1 fully saturated rings. The summed E-state index contributed by atoms with van der Waals surface area (Å²) in [7, 11) is 0. The number of nitrogens with one attached hydrogen (secondary N) is 1. The van der Waals surface area contributed by atoms with Gasteiger partial charge in [0.05, 0.1) is 0 Å². The summed E-state index contributed by atoms with van der Waals surface area (Å²) < 4.78 is 0. The normalized spacial score (nSPS) is 19.0. The van der Waals surface area contributed by atoms with Crippen molar-refractivity contribution in [2.24, 2.45) is 5.73 Å². The number of nitrogens with two attached hydrogens (primary N) is 1.